The van der Waals surface area contributed by atoms with Crippen molar-refractivity contribution in [3.05, 3.63) is 10.7 Å². The van der Waals surface area contributed by atoms with Crippen LogP contribution in [0.5, 0.6) is 5.88 Å². The van der Waals surface area contributed by atoms with Crippen LogP contribution < -0.4 is 9.64 Å². The molecule has 21 heavy (non-hydrogen) atoms. The van der Waals surface area contributed by atoms with Crippen LogP contribution in [0.15, 0.2) is 10.7 Å². The van der Waals surface area contributed by atoms with Crippen LogP contribution in [-0.4, -0.2) is 54.1 Å². The Morgan fingerprint density at radius 2 is 2.14 bits per heavy atom. The predicted molar refractivity (Wildman–Crippen MR) is 82.4 cm³/mol. The Labute approximate surface area is 132 Å². The van der Waals surface area contributed by atoms with E-state index in [1.165, 1.54) is 0 Å². The first kappa shape index (κ1) is 14.6. The molecule has 1 aromatic rings. The van der Waals surface area contributed by atoms with Crippen molar-refractivity contribution in [3.8, 4) is 5.88 Å². The van der Waals surface area contributed by atoms with Crippen LogP contribution in [0.3, 0.4) is 0 Å². The number of aromatic nitrogens is 2. The minimum atomic E-state index is 0.0707. The molecule has 0 aromatic carbocycles. The smallest absolute Gasteiger partial charge is 0.232 e. The summed E-state index contributed by atoms with van der Waals surface area (Å²) in [5, 5.41) is 0. The topological polar surface area (TPSA) is 58.6 Å². The third-order valence-corrected chi connectivity index (χ3v) is 4.67. The quantitative estimate of drug-likeness (QED) is 0.826. The van der Waals surface area contributed by atoms with E-state index in [2.05, 4.69) is 30.8 Å². The van der Waals surface area contributed by atoms with Gasteiger partial charge in [-0.15, -0.1) is 0 Å². The first-order valence-corrected chi connectivity index (χ1v) is 8.08. The maximum absolute atomic E-state index is 12.4. The molecule has 1 atom stereocenters. The number of carbonyl (C=O) groups excluding carboxylic acids is 1. The van der Waals surface area contributed by atoms with Gasteiger partial charge in [0, 0.05) is 26.2 Å². The fourth-order valence-corrected chi connectivity index (χ4v) is 3.33. The molecule has 3 rings (SSSR count). The number of hydrogen-bond acceptors (Lipinski definition) is 5. The van der Waals surface area contributed by atoms with Crippen LogP contribution in [0.25, 0.3) is 0 Å². The Balaban J connectivity index is 1.67. The van der Waals surface area contributed by atoms with E-state index in [0.717, 1.165) is 43.4 Å². The highest BCUT2D eigenvalue weighted by Crippen LogP contribution is 2.27. The molecule has 1 aromatic heterocycles. The number of nitrogens with zero attached hydrogens (tertiary/aromatic N) is 4. The van der Waals surface area contributed by atoms with Crippen molar-refractivity contribution in [2.24, 2.45) is 5.92 Å². The molecule has 1 amide bonds. The van der Waals surface area contributed by atoms with Crippen LogP contribution in [-0.2, 0) is 4.79 Å². The van der Waals surface area contributed by atoms with Crippen LogP contribution >= 0.6 is 15.9 Å². The van der Waals surface area contributed by atoms with Gasteiger partial charge in [0.25, 0.3) is 0 Å². The van der Waals surface area contributed by atoms with Gasteiger partial charge in [0.1, 0.15) is 0 Å². The molecule has 0 N–H and O–H groups in total. The van der Waals surface area contributed by atoms with Gasteiger partial charge < -0.3 is 14.5 Å². The second-order valence-corrected chi connectivity index (χ2v) is 6.35. The molecule has 114 valence electrons. The van der Waals surface area contributed by atoms with Crippen molar-refractivity contribution < 1.29 is 9.53 Å². The fraction of sp³-hybridized carbons (Fsp3) is 0.643. The van der Waals surface area contributed by atoms with Crippen molar-refractivity contribution in [2.45, 2.75) is 19.3 Å². The van der Waals surface area contributed by atoms with Crippen molar-refractivity contribution in [3.63, 3.8) is 0 Å². The van der Waals surface area contributed by atoms with Gasteiger partial charge in [0.2, 0.25) is 17.7 Å². The van der Waals surface area contributed by atoms with Crippen molar-refractivity contribution in [1.82, 2.24) is 14.9 Å². The Bertz CT molecular complexity index is 534. The van der Waals surface area contributed by atoms with Crippen LogP contribution in [0.4, 0.5) is 5.95 Å². The monoisotopic (exact) mass is 354 g/mol. The SMILES string of the molecule is COc1nc(N2CCC(C(=O)N3CCCC3)C2)ncc1Br. The van der Waals surface area contributed by atoms with Crippen LogP contribution in [0.2, 0.25) is 0 Å². The van der Waals surface area contributed by atoms with E-state index < -0.39 is 0 Å². The third-order valence-electron chi connectivity index (χ3n) is 4.13. The summed E-state index contributed by atoms with van der Waals surface area (Å²) in [4.78, 5) is 25.2. The molecule has 2 aliphatic rings. The molecule has 0 saturated carbocycles. The zero-order valence-corrected chi connectivity index (χ0v) is 13.7. The van der Waals surface area contributed by atoms with Crippen molar-refractivity contribution in [2.75, 3.05) is 38.2 Å². The minimum Gasteiger partial charge on any atom is -0.480 e. The van der Waals surface area contributed by atoms with E-state index >= 15 is 0 Å². The number of hydrogen-bond donors (Lipinski definition) is 0. The number of likely N-dealkylation sites (tertiary alicyclic amines) is 1. The molecular formula is C14H19BrN4O2. The normalized spacial score (nSPS) is 21.9. The molecule has 6 nitrogen and oxygen atoms in total. The van der Waals surface area contributed by atoms with Gasteiger partial charge in [-0.25, -0.2) is 4.98 Å². The number of rotatable bonds is 3. The van der Waals surface area contributed by atoms with E-state index in [9.17, 15) is 4.79 Å². The first-order valence-electron chi connectivity index (χ1n) is 7.29. The second kappa shape index (κ2) is 6.17. The predicted octanol–water partition coefficient (Wildman–Crippen LogP) is 1.70. The summed E-state index contributed by atoms with van der Waals surface area (Å²) >= 11 is 3.35. The highest BCUT2D eigenvalue weighted by molar-refractivity contribution is 9.10. The number of ether oxygens (including phenoxy) is 1. The van der Waals surface area contributed by atoms with Gasteiger partial charge >= 0.3 is 0 Å². The lowest BCUT2D eigenvalue weighted by Crippen LogP contribution is -2.35. The summed E-state index contributed by atoms with van der Waals surface area (Å²) in [7, 11) is 1.58. The summed E-state index contributed by atoms with van der Waals surface area (Å²) < 4.78 is 5.93. The Morgan fingerprint density at radius 3 is 2.86 bits per heavy atom. The summed E-state index contributed by atoms with van der Waals surface area (Å²) in [6.07, 6.45) is 4.83. The Kier molecular flexibility index (Phi) is 4.28. The van der Waals surface area contributed by atoms with E-state index in [1.54, 1.807) is 13.3 Å². The molecule has 1 unspecified atom stereocenters. The Hall–Kier alpha value is -1.37. The highest BCUT2D eigenvalue weighted by atomic mass is 79.9. The Morgan fingerprint density at radius 1 is 1.38 bits per heavy atom. The average molecular weight is 355 g/mol. The molecular weight excluding hydrogens is 336 g/mol. The molecule has 2 aliphatic heterocycles. The summed E-state index contributed by atoms with van der Waals surface area (Å²) in [6.45, 7) is 3.34. The molecule has 0 radical (unpaired) electrons. The van der Waals surface area contributed by atoms with E-state index in [-0.39, 0.29) is 5.92 Å². The van der Waals surface area contributed by atoms with Gasteiger partial charge in [-0.05, 0) is 35.2 Å². The minimum absolute atomic E-state index is 0.0707. The molecule has 2 saturated heterocycles. The molecule has 0 spiro atoms. The van der Waals surface area contributed by atoms with E-state index in [4.69, 9.17) is 4.74 Å². The maximum Gasteiger partial charge on any atom is 0.232 e. The lowest BCUT2D eigenvalue weighted by atomic mass is 10.1. The standard InChI is InChI=1S/C14H19BrN4O2/c1-21-12-11(15)8-16-14(17-12)19-7-4-10(9-19)13(20)18-5-2-3-6-18/h8,10H,2-7,9H2,1H3. The van der Waals surface area contributed by atoms with E-state index in [1.807, 2.05) is 4.90 Å². The van der Waals surface area contributed by atoms with Gasteiger partial charge in [0.15, 0.2) is 0 Å². The third kappa shape index (κ3) is 2.97. The maximum atomic E-state index is 12.4. The fourth-order valence-electron chi connectivity index (χ4n) is 2.98. The second-order valence-electron chi connectivity index (χ2n) is 5.49. The summed E-state index contributed by atoms with van der Waals surface area (Å²) in [5.41, 5.74) is 0. The van der Waals surface area contributed by atoms with Crippen molar-refractivity contribution >= 4 is 27.8 Å². The number of methoxy groups -OCH3 is 1. The van der Waals surface area contributed by atoms with Crippen LogP contribution in [0, 0.1) is 5.92 Å². The van der Waals surface area contributed by atoms with Gasteiger partial charge in [0.05, 0.1) is 23.7 Å². The number of halogens is 1. The molecule has 3 heterocycles. The van der Waals surface area contributed by atoms with Gasteiger partial charge in [-0.1, -0.05) is 0 Å². The molecule has 0 bridgehead atoms. The largest absolute Gasteiger partial charge is 0.480 e. The first-order chi connectivity index (χ1) is 10.2. The lowest BCUT2D eigenvalue weighted by Gasteiger charge is -2.20. The summed E-state index contributed by atoms with van der Waals surface area (Å²) in [6, 6.07) is 0. The average Bonchev–Trinajstić information content (AvgIpc) is 3.18. The zero-order chi connectivity index (χ0) is 14.8. The number of amides is 1. The highest BCUT2D eigenvalue weighted by Gasteiger charge is 2.33. The zero-order valence-electron chi connectivity index (χ0n) is 12.1. The number of anilines is 1. The summed E-state index contributed by atoms with van der Waals surface area (Å²) in [5.74, 6) is 1.52. The van der Waals surface area contributed by atoms with Gasteiger partial charge in [-0.3, -0.25) is 4.79 Å². The van der Waals surface area contributed by atoms with Crippen molar-refractivity contribution in [1.29, 1.82) is 0 Å². The molecule has 7 heteroatoms. The molecule has 2 fully saturated rings. The number of carbonyl (C=O) groups is 1. The lowest BCUT2D eigenvalue weighted by molar-refractivity contribution is -0.133. The molecule has 0 aliphatic carbocycles. The van der Waals surface area contributed by atoms with Crippen LogP contribution in [0.1, 0.15) is 19.3 Å². The van der Waals surface area contributed by atoms with Gasteiger partial charge in [-0.2, -0.15) is 4.98 Å². The van der Waals surface area contributed by atoms with E-state index in [0.29, 0.717) is 24.3 Å².